The van der Waals surface area contributed by atoms with Crippen molar-refractivity contribution in [1.82, 2.24) is 30.2 Å². The Morgan fingerprint density at radius 3 is 2.39 bits per heavy atom. The van der Waals surface area contributed by atoms with Gasteiger partial charge < -0.3 is 41.7 Å². The smallest absolute Gasteiger partial charge is 0.362 e. The number of carbonyl (C=O) groups is 5. The van der Waals surface area contributed by atoms with Gasteiger partial charge in [-0.2, -0.15) is 8.42 Å². The van der Waals surface area contributed by atoms with Crippen molar-refractivity contribution in [2.45, 2.75) is 38.1 Å². The first-order valence-electron chi connectivity index (χ1n) is 13.8. The SMILES string of the molecule is CC(C)(O/N=C(\C(=O)N[C@@H]1C(=O)N(S(=O)(=O)O)[C@@H]1CNC(=O)c1ccc(CNC(=O)c2cc(=O)c(O)c[nH]2)cc1)c1csc(N)n1)C(=O)O. The highest BCUT2D eigenvalue weighted by molar-refractivity contribution is 7.84. The lowest BCUT2D eigenvalue weighted by molar-refractivity contribution is -0.161. The number of aromatic amines is 1. The number of benzene rings is 1. The summed E-state index contributed by atoms with van der Waals surface area (Å²) in [5, 5.41) is 30.7. The van der Waals surface area contributed by atoms with E-state index in [9.17, 15) is 52.0 Å². The van der Waals surface area contributed by atoms with Crippen LogP contribution in [-0.4, -0.2) is 97.0 Å². The number of nitrogen functional groups attached to an aromatic ring is 1. The van der Waals surface area contributed by atoms with Crippen molar-refractivity contribution in [3.8, 4) is 5.75 Å². The molecule has 0 unspecified atom stereocenters. The number of hydrogen-bond donors (Lipinski definition) is 8. The maximum atomic E-state index is 13.2. The Bertz CT molecular complexity index is 2010. The third kappa shape index (κ3) is 8.35. The van der Waals surface area contributed by atoms with E-state index in [2.05, 4.69) is 31.1 Å². The number of nitrogens with zero attached hydrogens (tertiary/aromatic N) is 3. The average molecular weight is 721 g/mol. The first-order valence-corrected chi connectivity index (χ1v) is 16.1. The number of hydrogen-bond acceptors (Lipinski definition) is 14. The first-order chi connectivity index (χ1) is 22.9. The normalized spacial score (nSPS) is 16.3. The minimum Gasteiger partial charge on any atom is -0.503 e. The van der Waals surface area contributed by atoms with Crippen LogP contribution in [0, 0.1) is 0 Å². The molecule has 0 aliphatic carbocycles. The molecule has 1 aromatic carbocycles. The second kappa shape index (κ2) is 14.1. The minimum atomic E-state index is -5.13. The van der Waals surface area contributed by atoms with E-state index in [0.717, 1.165) is 37.4 Å². The summed E-state index contributed by atoms with van der Waals surface area (Å²) >= 11 is 0.908. The Morgan fingerprint density at radius 1 is 1.14 bits per heavy atom. The van der Waals surface area contributed by atoms with Crippen molar-refractivity contribution in [1.29, 1.82) is 0 Å². The molecular formula is C27H28N8O12S2. The second-order valence-electron chi connectivity index (χ2n) is 10.7. The third-order valence-electron chi connectivity index (χ3n) is 6.84. The molecule has 4 amide bonds. The lowest BCUT2D eigenvalue weighted by atomic mass is 9.98. The largest absolute Gasteiger partial charge is 0.503 e. The number of rotatable bonds is 13. The molecule has 3 heterocycles. The minimum absolute atomic E-state index is 0.00382. The summed E-state index contributed by atoms with van der Waals surface area (Å²) in [5.74, 6) is -5.73. The van der Waals surface area contributed by atoms with Crippen molar-refractivity contribution in [3.63, 3.8) is 0 Å². The van der Waals surface area contributed by atoms with Gasteiger partial charge in [0, 0.05) is 36.3 Å². The number of carboxylic acids is 1. The summed E-state index contributed by atoms with van der Waals surface area (Å²) in [6.07, 6.45) is 0.973. The molecule has 49 heavy (non-hydrogen) atoms. The van der Waals surface area contributed by atoms with Gasteiger partial charge in [-0.25, -0.2) is 14.1 Å². The zero-order valence-electron chi connectivity index (χ0n) is 25.4. The van der Waals surface area contributed by atoms with Crippen molar-refractivity contribution in [2.24, 2.45) is 5.16 Å². The second-order valence-corrected chi connectivity index (χ2v) is 12.9. The van der Waals surface area contributed by atoms with E-state index in [1.54, 1.807) is 0 Å². The number of aliphatic carboxylic acids is 1. The van der Waals surface area contributed by atoms with Crippen molar-refractivity contribution in [3.05, 3.63) is 74.6 Å². The van der Waals surface area contributed by atoms with Crippen LogP contribution in [0.25, 0.3) is 0 Å². The van der Waals surface area contributed by atoms with E-state index in [-0.39, 0.29) is 32.9 Å². The van der Waals surface area contributed by atoms with Gasteiger partial charge in [0.2, 0.25) is 11.0 Å². The molecule has 1 fully saturated rings. The molecule has 4 rings (SSSR count). The van der Waals surface area contributed by atoms with Gasteiger partial charge in [0.05, 0.1) is 6.04 Å². The number of H-pyrrole nitrogens is 1. The number of carboxylic acid groups (broad SMARTS) is 1. The maximum Gasteiger partial charge on any atom is 0.362 e. The fourth-order valence-electron chi connectivity index (χ4n) is 4.12. The van der Waals surface area contributed by atoms with Crippen LogP contribution in [0.1, 0.15) is 46.0 Å². The number of thiazole rings is 1. The molecule has 1 aliphatic heterocycles. The monoisotopic (exact) mass is 720 g/mol. The maximum absolute atomic E-state index is 13.2. The number of anilines is 1. The molecule has 9 N–H and O–H groups in total. The topological polar surface area (TPSA) is 313 Å². The fraction of sp³-hybridized carbons (Fsp3) is 0.259. The molecule has 0 saturated carbocycles. The molecule has 22 heteroatoms. The highest BCUT2D eigenvalue weighted by Gasteiger charge is 2.54. The van der Waals surface area contributed by atoms with E-state index in [1.165, 1.54) is 29.6 Å². The van der Waals surface area contributed by atoms with Gasteiger partial charge >= 0.3 is 16.3 Å². The van der Waals surface area contributed by atoms with Gasteiger partial charge in [-0.1, -0.05) is 17.3 Å². The standard InChI is InChI=1S/C27H28N8O12S2/c1-27(2,25(42)43)47-34-19(15-11-48-26(28)32-15)23(40)33-20-16(35(24(20)41)49(44,45)46)9-31-21(38)13-5-3-12(4-6-13)8-30-22(39)14-7-17(36)18(37)10-29-14/h3-7,10-11,16,20,37H,8-9H2,1-2H3,(H2,28,32)(H,29,36)(H,30,39)(H,31,38)(H,33,40)(H,42,43)(H,44,45,46)/b34-19-/t16-,20+/m1/s1. The summed E-state index contributed by atoms with van der Waals surface area (Å²) in [5.41, 5.74) is 2.78. The Hall–Kier alpha value is -5.87. The van der Waals surface area contributed by atoms with Crippen LogP contribution >= 0.6 is 11.3 Å². The Labute approximate surface area is 279 Å². The van der Waals surface area contributed by atoms with Gasteiger partial charge in [-0.3, -0.25) is 28.5 Å². The van der Waals surface area contributed by atoms with Crippen LogP contribution in [0.5, 0.6) is 5.75 Å². The number of carbonyl (C=O) groups excluding carboxylic acids is 4. The Kier molecular flexibility index (Phi) is 10.3. The van der Waals surface area contributed by atoms with E-state index >= 15 is 0 Å². The van der Waals surface area contributed by atoms with Gasteiger partial charge in [0.25, 0.3) is 23.6 Å². The van der Waals surface area contributed by atoms with Gasteiger partial charge in [0.15, 0.2) is 16.6 Å². The van der Waals surface area contributed by atoms with E-state index < -0.39 is 81.0 Å². The van der Waals surface area contributed by atoms with E-state index in [4.69, 9.17) is 10.6 Å². The Morgan fingerprint density at radius 2 is 1.82 bits per heavy atom. The summed E-state index contributed by atoms with van der Waals surface area (Å²) in [6.45, 7) is 1.72. The van der Waals surface area contributed by atoms with Crippen LogP contribution < -0.4 is 27.1 Å². The zero-order valence-corrected chi connectivity index (χ0v) is 27.0. The molecule has 0 radical (unpaired) electrons. The first kappa shape index (κ1) is 36.0. The summed E-state index contributed by atoms with van der Waals surface area (Å²) in [4.78, 5) is 85.5. The molecule has 3 aromatic rings. The number of nitrogens with two attached hydrogens (primary N) is 1. The van der Waals surface area contributed by atoms with Crippen molar-refractivity contribution >= 4 is 62.1 Å². The van der Waals surface area contributed by atoms with E-state index in [1.807, 2.05) is 0 Å². The van der Waals surface area contributed by atoms with Crippen LogP contribution in [0.3, 0.4) is 0 Å². The number of pyridine rings is 1. The highest BCUT2D eigenvalue weighted by Crippen LogP contribution is 2.24. The van der Waals surface area contributed by atoms with Crippen LogP contribution in [0.4, 0.5) is 5.13 Å². The summed E-state index contributed by atoms with van der Waals surface area (Å²) < 4.78 is 33.6. The molecule has 20 nitrogen and oxygen atoms in total. The predicted molar refractivity (Wildman–Crippen MR) is 169 cm³/mol. The van der Waals surface area contributed by atoms with E-state index in [0.29, 0.717) is 5.56 Å². The van der Waals surface area contributed by atoms with Crippen molar-refractivity contribution < 1.29 is 52.0 Å². The highest BCUT2D eigenvalue weighted by atomic mass is 32.2. The third-order valence-corrected chi connectivity index (χ3v) is 8.46. The molecule has 2 atom stereocenters. The van der Waals surface area contributed by atoms with Crippen LogP contribution in [0.15, 0.2) is 51.9 Å². The number of amides is 4. The number of aromatic hydroxyl groups is 1. The number of β-lactam (4-membered cyclic amide) rings is 1. The average Bonchev–Trinajstić information content (AvgIpc) is 3.46. The molecular weight excluding hydrogens is 692 g/mol. The molecule has 1 saturated heterocycles. The Balaban J connectivity index is 1.43. The lowest BCUT2D eigenvalue weighted by Gasteiger charge is -2.44. The van der Waals surface area contributed by atoms with Crippen LogP contribution in [0.2, 0.25) is 0 Å². The zero-order chi connectivity index (χ0) is 36.3. The number of oxime groups is 1. The number of nitrogens with one attached hydrogen (secondary N) is 4. The molecule has 2 aromatic heterocycles. The molecule has 260 valence electrons. The van der Waals surface area contributed by atoms with Crippen LogP contribution in [-0.2, 0) is 36.1 Å². The lowest BCUT2D eigenvalue weighted by Crippen LogP contribution is -2.74. The van der Waals surface area contributed by atoms with Gasteiger partial charge in [0.1, 0.15) is 17.4 Å². The molecule has 0 bridgehead atoms. The fourth-order valence-corrected chi connectivity index (χ4v) is 5.54. The van der Waals surface area contributed by atoms with Gasteiger partial charge in [-0.05, 0) is 31.5 Å². The molecule has 1 aliphatic rings. The quantitative estimate of drug-likeness (QED) is 0.0434. The predicted octanol–water partition coefficient (Wildman–Crippen LogP) is -1.44. The molecule has 0 spiro atoms. The van der Waals surface area contributed by atoms with Crippen molar-refractivity contribution in [2.75, 3.05) is 12.3 Å². The van der Waals surface area contributed by atoms with Gasteiger partial charge in [-0.15, -0.1) is 11.3 Å². The number of aromatic nitrogens is 2. The summed E-state index contributed by atoms with van der Waals surface area (Å²) in [6, 6.07) is 3.56. The summed E-state index contributed by atoms with van der Waals surface area (Å²) in [7, 11) is -5.13.